The highest BCUT2D eigenvalue weighted by molar-refractivity contribution is 5.81. The van der Waals surface area contributed by atoms with Crippen molar-refractivity contribution in [2.75, 3.05) is 6.54 Å². The minimum Gasteiger partial charge on any atom is -0.477 e. The number of hydrogen-bond donors (Lipinski definition) is 2. The third-order valence-corrected chi connectivity index (χ3v) is 6.32. The number of nitrogens with zero attached hydrogens (tertiary/aromatic N) is 2. The summed E-state index contributed by atoms with van der Waals surface area (Å²) in [5.41, 5.74) is 6.10. The van der Waals surface area contributed by atoms with E-state index in [4.69, 9.17) is 5.73 Å². The molecule has 5 nitrogen and oxygen atoms in total. The molecule has 1 heterocycles. The van der Waals surface area contributed by atoms with Crippen LogP contribution in [-0.2, 0) is 4.79 Å². The number of carboxylic acid groups (broad SMARTS) is 1. The van der Waals surface area contributed by atoms with Gasteiger partial charge in [-0.2, -0.15) is 0 Å². The van der Waals surface area contributed by atoms with Gasteiger partial charge in [0, 0.05) is 13.3 Å². The van der Waals surface area contributed by atoms with E-state index in [0.717, 1.165) is 25.1 Å². The van der Waals surface area contributed by atoms with Crippen molar-refractivity contribution in [3.63, 3.8) is 0 Å². The Morgan fingerprint density at radius 3 is 2.00 bits per heavy atom. The molecule has 0 fully saturated rings. The first-order valence-corrected chi connectivity index (χ1v) is 12.8. The molecule has 3 N–H and O–H groups in total. The highest BCUT2D eigenvalue weighted by atomic mass is 16.4. The van der Waals surface area contributed by atoms with Gasteiger partial charge in [-0.05, 0) is 25.7 Å². The number of aliphatic carboxylic acids is 1. The van der Waals surface area contributed by atoms with Crippen molar-refractivity contribution < 1.29 is 14.4 Å². The number of hydrogen-bond acceptors (Lipinski definition) is 3. The smallest absolute Gasteiger partial charge is 0.360 e. The van der Waals surface area contributed by atoms with Gasteiger partial charge >= 0.3 is 5.97 Å². The molecular formula is C26H48N3O2+. The molecular weight excluding hydrogens is 386 g/mol. The van der Waals surface area contributed by atoms with Crippen molar-refractivity contribution in [3.8, 4) is 0 Å². The van der Waals surface area contributed by atoms with Crippen LogP contribution in [0.15, 0.2) is 29.5 Å². The zero-order chi connectivity index (χ0) is 22.8. The number of unbranched alkanes of at least 4 members (excludes halogenated alkanes) is 13. The molecule has 31 heavy (non-hydrogen) atoms. The second kappa shape index (κ2) is 17.1. The van der Waals surface area contributed by atoms with E-state index >= 15 is 0 Å². The molecule has 0 aromatic rings. The number of allylic oxidation sites excluding steroid dienone is 2. The summed E-state index contributed by atoms with van der Waals surface area (Å²) in [7, 11) is 0. The third kappa shape index (κ3) is 11.6. The molecule has 2 atom stereocenters. The summed E-state index contributed by atoms with van der Waals surface area (Å²) in [4.78, 5) is 15.7. The summed E-state index contributed by atoms with van der Waals surface area (Å²) in [6.07, 6.45) is 28.4. The average molecular weight is 435 g/mol. The number of nitrogens with two attached hydrogens (primary N) is 1. The molecule has 0 aromatic carbocycles. The molecule has 5 heteroatoms. The Bertz CT molecular complexity index is 569. The number of rotatable bonds is 20. The Kier molecular flexibility index (Phi) is 15.2. The van der Waals surface area contributed by atoms with Crippen LogP contribution in [0.5, 0.6) is 0 Å². The standard InChI is InChI=1S/C26H47N3O2/c1-3-4-5-6-7-8-9-10-11-12-13-14-15-16-17-18-19-20-25-28-21-22-29(25,24(2)27)23-26(30)31/h16-17,21-22,24H,3-15,18-20,23,27H2,1-2H3/p+1/b17-16+. The maximum absolute atomic E-state index is 11.3. The Labute approximate surface area is 191 Å². The van der Waals surface area contributed by atoms with Gasteiger partial charge in [0.2, 0.25) is 5.84 Å². The minimum absolute atomic E-state index is 0.0399. The van der Waals surface area contributed by atoms with Crippen molar-refractivity contribution in [1.82, 2.24) is 0 Å². The number of amidine groups is 1. The monoisotopic (exact) mass is 434 g/mol. The number of quaternary nitrogens is 1. The number of carboxylic acids is 1. The van der Waals surface area contributed by atoms with Crippen LogP contribution in [-0.4, -0.2) is 34.1 Å². The largest absolute Gasteiger partial charge is 0.477 e. The number of carbonyl (C=O) groups is 1. The minimum atomic E-state index is -0.848. The highest BCUT2D eigenvalue weighted by Crippen LogP contribution is 2.23. The van der Waals surface area contributed by atoms with Gasteiger partial charge in [-0.3, -0.25) is 5.73 Å². The van der Waals surface area contributed by atoms with E-state index in [1.807, 2.05) is 13.1 Å². The summed E-state index contributed by atoms with van der Waals surface area (Å²) in [6.45, 7) is 4.09. The van der Waals surface area contributed by atoms with E-state index in [1.165, 1.54) is 83.5 Å². The molecule has 0 bridgehead atoms. The first kappa shape index (κ1) is 27.6. The van der Waals surface area contributed by atoms with Crippen LogP contribution in [0, 0.1) is 0 Å². The van der Waals surface area contributed by atoms with E-state index in [1.54, 1.807) is 6.20 Å². The summed E-state index contributed by atoms with van der Waals surface area (Å²) in [5, 5.41) is 9.25. The quantitative estimate of drug-likeness (QED) is 0.124. The molecule has 0 radical (unpaired) electrons. The fourth-order valence-corrected chi connectivity index (χ4v) is 4.30. The van der Waals surface area contributed by atoms with Crippen LogP contribution in [0.3, 0.4) is 0 Å². The maximum atomic E-state index is 11.3. The lowest BCUT2D eigenvalue weighted by Crippen LogP contribution is -2.59. The van der Waals surface area contributed by atoms with Gasteiger partial charge in [-0.15, -0.1) is 0 Å². The molecule has 0 aromatic heterocycles. The second-order valence-corrected chi connectivity index (χ2v) is 9.11. The fourth-order valence-electron chi connectivity index (χ4n) is 4.30. The molecule has 0 aliphatic carbocycles. The van der Waals surface area contributed by atoms with Crippen molar-refractivity contribution in [3.05, 3.63) is 24.6 Å². The highest BCUT2D eigenvalue weighted by Gasteiger charge is 2.40. The van der Waals surface area contributed by atoms with Gasteiger partial charge in [0.25, 0.3) is 0 Å². The van der Waals surface area contributed by atoms with E-state index in [0.29, 0.717) is 0 Å². The van der Waals surface area contributed by atoms with E-state index in [9.17, 15) is 9.90 Å². The lowest BCUT2D eigenvalue weighted by molar-refractivity contribution is -0.805. The summed E-state index contributed by atoms with van der Waals surface area (Å²) >= 11 is 0. The van der Waals surface area contributed by atoms with Gasteiger partial charge in [0.05, 0.1) is 6.20 Å². The van der Waals surface area contributed by atoms with E-state index < -0.39 is 5.97 Å². The Morgan fingerprint density at radius 2 is 1.48 bits per heavy atom. The summed E-state index contributed by atoms with van der Waals surface area (Å²) in [6, 6.07) is 0. The molecule has 0 spiro atoms. The maximum Gasteiger partial charge on any atom is 0.360 e. The third-order valence-electron chi connectivity index (χ3n) is 6.32. The zero-order valence-electron chi connectivity index (χ0n) is 20.2. The van der Waals surface area contributed by atoms with Crippen LogP contribution in [0.25, 0.3) is 0 Å². The van der Waals surface area contributed by atoms with Crippen LogP contribution in [0.2, 0.25) is 0 Å². The first-order chi connectivity index (χ1) is 15.0. The summed E-state index contributed by atoms with van der Waals surface area (Å²) in [5.74, 6) is 0.0191. The van der Waals surface area contributed by atoms with Gasteiger partial charge in [-0.1, -0.05) is 89.7 Å². The van der Waals surface area contributed by atoms with E-state index in [-0.39, 0.29) is 17.2 Å². The zero-order valence-corrected chi connectivity index (χ0v) is 20.2. The molecule has 1 aliphatic rings. The molecule has 1 rings (SSSR count). The Hall–Kier alpha value is -1.46. The van der Waals surface area contributed by atoms with Crippen LogP contribution in [0.4, 0.5) is 0 Å². The Balaban J connectivity index is 2.01. The molecule has 0 amide bonds. The number of aliphatic imine (C=N–C) groups is 1. The molecule has 0 saturated carbocycles. The van der Waals surface area contributed by atoms with E-state index in [2.05, 4.69) is 24.1 Å². The lowest BCUT2D eigenvalue weighted by atomic mass is 10.0. The predicted octanol–water partition coefficient (Wildman–Crippen LogP) is 6.89. The normalized spacial score (nSPS) is 19.3. The van der Waals surface area contributed by atoms with Crippen molar-refractivity contribution in [2.45, 2.75) is 123 Å². The predicted molar refractivity (Wildman–Crippen MR) is 132 cm³/mol. The second-order valence-electron chi connectivity index (χ2n) is 9.11. The van der Waals surface area contributed by atoms with Crippen molar-refractivity contribution >= 4 is 11.8 Å². The van der Waals surface area contributed by atoms with Crippen molar-refractivity contribution in [1.29, 1.82) is 0 Å². The molecule has 0 saturated heterocycles. The van der Waals surface area contributed by atoms with Crippen LogP contribution < -0.4 is 5.73 Å². The molecule has 178 valence electrons. The average Bonchev–Trinajstić information content (AvgIpc) is 3.13. The fraction of sp³-hybridized carbons (Fsp3) is 0.769. The topological polar surface area (TPSA) is 75.7 Å². The van der Waals surface area contributed by atoms with Gasteiger partial charge in [-0.25, -0.2) is 14.3 Å². The molecule has 1 aliphatic heterocycles. The van der Waals surface area contributed by atoms with Gasteiger partial charge < -0.3 is 5.11 Å². The van der Waals surface area contributed by atoms with Gasteiger partial charge in [0.1, 0.15) is 12.4 Å². The lowest BCUT2D eigenvalue weighted by Gasteiger charge is -2.34. The first-order valence-electron chi connectivity index (χ1n) is 12.8. The Morgan fingerprint density at radius 1 is 0.968 bits per heavy atom. The van der Waals surface area contributed by atoms with Gasteiger partial charge in [0.15, 0.2) is 6.54 Å². The SMILES string of the molecule is CCCCCCCCCCCCCC/C=C/CCCC1=NC=C[N+]1(CC(=O)O)C(C)N. The summed E-state index contributed by atoms with van der Waals surface area (Å²) < 4.78 is 0.151. The van der Waals surface area contributed by atoms with Crippen LogP contribution >= 0.6 is 0 Å². The van der Waals surface area contributed by atoms with Crippen molar-refractivity contribution in [2.24, 2.45) is 10.7 Å². The van der Waals surface area contributed by atoms with Crippen LogP contribution in [0.1, 0.15) is 117 Å². The molecule has 2 unspecified atom stereocenters.